The molecule has 1 rings (SSSR count). The number of hydrogen-bond donors (Lipinski definition) is 2. The van der Waals surface area contributed by atoms with Gasteiger partial charge < -0.3 is 15.2 Å². The summed E-state index contributed by atoms with van der Waals surface area (Å²) in [4.78, 5) is 11.7. The highest BCUT2D eigenvalue weighted by molar-refractivity contribution is 6.31. The average molecular weight is 328 g/mol. The molecule has 5 heteroatoms. The van der Waals surface area contributed by atoms with E-state index in [0.29, 0.717) is 12.8 Å². The number of nitrogens with one attached hydrogen (secondary N) is 1. The summed E-state index contributed by atoms with van der Waals surface area (Å²) in [6.45, 7) is 9.23. The fraction of sp³-hybridized carbons (Fsp3) is 0.588. The van der Waals surface area contributed by atoms with Gasteiger partial charge in [-0.2, -0.15) is 0 Å². The van der Waals surface area contributed by atoms with Crippen LogP contribution in [0.1, 0.15) is 45.2 Å². The van der Waals surface area contributed by atoms with Crippen LogP contribution in [0.2, 0.25) is 5.02 Å². The van der Waals surface area contributed by atoms with E-state index in [9.17, 15) is 9.90 Å². The first kappa shape index (κ1) is 18.8. The zero-order valence-electron chi connectivity index (χ0n) is 13.9. The first-order valence-electron chi connectivity index (χ1n) is 7.49. The Morgan fingerprint density at radius 2 is 2.05 bits per heavy atom. The van der Waals surface area contributed by atoms with Crippen molar-refractivity contribution in [3.63, 3.8) is 0 Å². The van der Waals surface area contributed by atoms with Crippen LogP contribution in [0.15, 0.2) is 18.2 Å². The second-order valence-electron chi connectivity index (χ2n) is 6.72. The largest absolute Gasteiger partial charge is 0.444 e. The minimum absolute atomic E-state index is 0.168. The summed E-state index contributed by atoms with van der Waals surface area (Å²) in [6, 6.07) is 5.54. The normalized spacial score (nSPS) is 14.3. The highest BCUT2D eigenvalue weighted by atomic mass is 35.5. The molecule has 0 radical (unpaired) electrons. The standard InChI is InChI=1S/C17H26ClNO3/c1-11-8-13(6-7-15(11)18)10-14(20)9-12(2)19-16(21)22-17(3,4)5/h6-8,12,14,20H,9-10H2,1-5H3,(H,19,21). The summed E-state index contributed by atoms with van der Waals surface area (Å²) < 4.78 is 5.19. The number of rotatable bonds is 5. The number of hydrogen-bond acceptors (Lipinski definition) is 3. The molecule has 2 atom stereocenters. The molecule has 0 aliphatic rings. The Morgan fingerprint density at radius 3 is 2.59 bits per heavy atom. The van der Waals surface area contributed by atoms with E-state index in [2.05, 4.69) is 5.32 Å². The lowest BCUT2D eigenvalue weighted by molar-refractivity contribution is 0.0490. The lowest BCUT2D eigenvalue weighted by Gasteiger charge is -2.23. The van der Waals surface area contributed by atoms with Gasteiger partial charge in [0, 0.05) is 11.1 Å². The topological polar surface area (TPSA) is 58.6 Å². The Morgan fingerprint density at radius 1 is 1.41 bits per heavy atom. The molecule has 2 N–H and O–H groups in total. The molecule has 124 valence electrons. The molecule has 0 saturated heterocycles. The summed E-state index contributed by atoms with van der Waals surface area (Å²) in [5.41, 5.74) is 1.49. The van der Waals surface area contributed by atoms with E-state index in [4.69, 9.17) is 16.3 Å². The number of alkyl carbamates (subject to hydrolysis) is 1. The summed E-state index contributed by atoms with van der Waals surface area (Å²) >= 11 is 5.99. The Kier molecular flexibility index (Phi) is 6.69. The molecule has 0 aliphatic heterocycles. The van der Waals surface area contributed by atoms with Crippen LogP contribution in [0.5, 0.6) is 0 Å². The van der Waals surface area contributed by atoms with Crippen LogP contribution in [0.4, 0.5) is 4.79 Å². The smallest absolute Gasteiger partial charge is 0.407 e. The van der Waals surface area contributed by atoms with Crippen molar-refractivity contribution in [2.24, 2.45) is 0 Å². The summed E-state index contributed by atoms with van der Waals surface area (Å²) in [6.07, 6.45) is -0.0146. The molecular formula is C17H26ClNO3. The second kappa shape index (κ2) is 7.84. The molecular weight excluding hydrogens is 302 g/mol. The van der Waals surface area contributed by atoms with E-state index in [1.54, 1.807) is 0 Å². The third-order valence-electron chi connectivity index (χ3n) is 3.08. The number of aliphatic hydroxyl groups is 1. The monoisotopic (exact) mass is 327 g/mol. The molecule has 1 aromatic carbocycles. The van der Waals surface area contributed by atoms with Crippen molar-refractivity contribution in [1.82, 2.24) is 5.32 Å². The number of halogens is 1. The number of amides is 1. The lowest BCUT2D eigenvalue weighted by Crippen LogP contribution is -2.39. The fourth-order valence-electron chi connectivity index (χ4n) is 2.16. The van der Waals surface area contributed by atoms with Crippen LogP contribution in [0, 0.1) is 6.92 Å². The highest BCUT2D eigenvalue weighted by Crippen LogP contribution is 2.18. The zero-order chi connectivity index (χ0) is 16.9. The maximum absolute atomic E-state index is 11.7. The van der Waals surface area contributed by atoms with Gasteiger partial charge >= 0.3 is 6.09 Å². The van der Waals surface area contributed by atoms with Crippen LogP contribution >= 0.6 is 11.6 Å². The van der Waals surface area contributed by atoms with Crippen molar-refractivity contribution in [1.29, 1.82) is 0 Å². The van der Waals surface area contributed by atoms with Gasteiger partial charge in [-0.05, 0) is 64.7 Å². The van der Waals surface area contributed by atoms with Gasteiger partial charge in [-0.15, -0.1) is 0 Å². The first-order chi connectivity index (χ1) is 10.1. The Bertz CT molecular complexity index is 511. The van der Waals surface area contributed by atoms with Gasteiger partial charge in [0.25, 0.3) is 0 Å². The minimum Gasteiger partial charge on any atom is -0.444 e. The molecule has 0 heterocycles. The number of aryl methyl sites for hydroxylation is 1. The molecule has 4 nitrogen and oxygen atoms in total. The van der Waals surface area contributed by atoms with E-state index >= 15 is 0 Å². The van der Waals surface area contributed by atoms with Crippen LogP contribution in [0.25, 0.3) is 0 Å². The number of carbonyl (C=O) groups excluding carboxylic acids is 1. The number of benzene rings is 1. The molecule has 2 unspecified atom stereocenters. The van der Waals surface area contributed by atoms with Gasteiger partial charge in [-0.25, -0.2) is 4.79 Å². The van der Waals surface area contributed by atoms with Crippen LogP contribution in [-0.2, 0) is 11.2 Å². The predicted molar refractivity (Wildman–Crippen MR) is 89.3 cm³/mol. The minimum atomic E-state index is -0.537. The Balaban J connectivity index is 2.45. The molecule has 0 saturated carbocycles. The van der Waals surface area contributed by atoms with E-state index in [-0.39, 0.29) is 6.04 Å². The number of ether oxygens (including phenoxy) is 1. The molecule has 0 fully saturated rings. The maximum Gasteiger partial charge on any atom is 0.407 e. The van der Waals surface area contributed by atoms with Gasteiger partial charge in [0.15, 0.2) is 0 Å². The van der Waals surface area contributed by atoms with E-state index in [0.717, 1.165) is 16.1 Å². The zero-order valence-corrected chi connectivity index (χ0v) is 14.7. The average Bonchev–Trinajstić information content (AvgIpc) is 2.30. The van der Waals surface area contributed by atoms with E-state index < -0.39 is 17.8 Å². The molecule has 0 aromatic heterocycles. The first-order valence-corrected chi connectivity index (χ1v) is 7.87. The molecule has 1 aromatic rings. The summed E-state index contributed by atoms with van der Waals surface area (Å²) in [5, 5.41) is 13.6. The van der Waals surface area contributed by atoms with Crippen molar-refractivity contribution < 1.29 is 14.6 Å². The van der Waals surface area contributed by atoms with Gasteiger partial charge in [0.05, 0.1) is 6.10 Å². The van der Waals surface area contributed by atoms with E-state index in [1.807, 2.05) is 52.8 Å². The Labute approximate surface area is 137 Å². The molecule has 22 heavy (non-hydrogen) atoms. The number of carbonyl (C=O) groups is 1. The third kappa shape index (κ3) is 7.14. The van der Waals surface area contributed by atoms with Crippen molar-refractivity contribution in [2.45, 2.75) is 65.2 Å². The molecule has 0 bridgehead atoms. The van der Waals surface area contributed by atoms with Gasteiger partial charge in [-0.1, -0.05) is 23.7 Å². The Hall–Kier alpha value is -1.26. The number of aliphatic hydroxyl groups excluding tert-OH is 1. The van der Waals surface area contributed by atoms with Gasteiger partial charge in [0.2, 0.25) is 0 Å². The van der Waals surface area contributed by atoms with Crippen LogP contribution < -0.4 is 5.32 Å². The van der Waals surface area contributed by atoms with Crippen molar-refractivity contribution in [3.8, 4) is 0 Å². The van der Waals surface area contributed by atoms with Crippen molar-refractivity contribution >= 4 is 17.7 Å². The van der Waals surface area contributed by atoms with Gasteiger partial charge in [-0.3, -0.25) is 0 Å². The summed E-state index contributed by atoms with van der Waals surface area (Å²) in [7, 11) is 0. The quantitative estimate of drug-likeness (QED) is 0.863. The molecule has 1 amide bonds. The highest BCUT2D eigenvalue weighted by Gasteiger charge is 2.19. The van der Waals surface area contributed by atoms with Crippen LogP contribution in [-0.4, -0.2) is 28.9 Å². The SMILES string of the molecule is Cc1cc(CC(O)CC(C)NC(=O)OC(C)(C)C)ccc1Cl. The fourth-order valence-corrected chi connectivity index (χ4v) is 2.28. The van der Waals surface area contributed by atoms with E-state index in [1.165, 1.54) is 0 Å². The predicted octanol–water partition coefficient (Wildman–Crippen LogP) is 3.86. The summed E-state index contributed by atoms with van der Waals surface area (Å²) in [5.74, 6) is 0. The van der Waals surface area contributed by atoms with Crippen molar-refractivity contribution in [2.75, 3.05) is 0 Å². The second-order valence-corrected chi connectivity index (χ2v) is 7.13. The molecule has 0 aliphatic carbocycles. The third-order valence-corrected chi connectivity index (χ3v) is 3.51. The van der Waals surface area contributed by atoms with Gasteiger partial charge in [0.1, 0.15) is 5.60 Å². The van der Waals surface area contributed by atoms with Crippen LogP contribution in [0.3, 0.4) is 0 Å². The maximum atomic E-state index is 11.7. The molecule has 0 spiro atoms. The van der Waals surface area contributed by atoms with Crippen molar-refractivity contribution in [3.05, 3.63) is 34.3 Å². The lowest BCUT2D eigenvalue weighted by atomic mass is 10.0.